The molecule has 6 heteroatoms. The van der Waals surface area contributed by atoms with Crippen LogP contribution in [0.15, 0.2) is 40.7 Å². The van der Waals surface area contributed by atoms with Gasteiger partial charge in [0.05, 0.1) is 19.3 Å². The molecule has 0 saturated carbocycles. The Kier molecular flexibility index (Phi) is 6.21. The van der Waals surface area contributed by atoms with E-state index in [1.54, 1.807) is 25.5 Å². The van der Waals surface area contributed by atoms with Gasteiger partial charge in [0.25, 0.3) is 0 Å². The number of guanidine groups is 1. The van der Waals surface area contributed by atoms with Gasteiger partial charge < -0.3 is 15.4 Å². The molecule has 2 N–H and O–H groups in total. The molecular weight excluding hydrogens is 296 g/mol. The smallest absolute Gasteiger partial charge is 0.213 e. The van der Waals surface area contributed by atoms with Crippen molar-refractivity contribution in [3.05, 3.63) is 46.3 Å². The Bertz CT molecular complexity index is 598. The second-order valence-corrected chi connectivity index (χ2v) is 5.87. The highest BCUT2D eigenvalue weighted by atomic mass is 32.1. The van der Waals surface area contributed by atoms with Gasteiger partial charge in [-0.25, -0.2) is 4.98 Å². The molecule has 2 rings (SSSR count). The summed E-state index contributed by atoms with van der Waals surface area (Å²) in [5.41, 5.74) is 0.911. The summed E-state index contributed by atoms with van der Waals surface area (Å²) in [5, 5.41) is 8.71. The molecule has 0 saturated heterocycles. The standard InChI is InChI=1S/C16H22N4OS/c1-12(14-7-5-9-22-14)10-18-16(17-2)19-11-13-6-4-8-15(20-13)21-3/h4-9,12H,10-11H2,1-3H3,(H2,17,18,19). The molecule has 1 unspecified atom stereocenters. The van der Waals surface area contributed by atoms with Crippen molar-refractivity contribution in [3.63, 3.8) is 0 Å². The Labute approximate surface area is 135 Å². The molecule has 0 spiro atoms. The van der Waals surface area contributed by atoms with Crippen LogP contribution in [0.2, 0.25) is 0 Å². The van der Waals surface area contributed by atoms with Gasteiger partial charge >= 0.3 is 0 Å². The number of ether oxygens (including phenoxy) is 1. The quantitative estimate of drug-likeness (QED) is 0.635. The van der Waals surface area contributed by atoms with E-state index < -0.39 is 0 Å². The van der Waals surface area contributed by atoms with Crippen LogP contribution < -0.4 is 15.4 Å². The Balaban J connectivity index is 1.82. The van der Waals surface area contributed by atoms with Crippen LogP contribution in [0.1, 0.15) is 23.4 Å². The molecule has 0 aromatic carbocycles. The van der Waals surface area contributed by atoms with Gasteiger partial charge in [0.15, 0.2) is 5.96 Å². The molecule has 5 nitrogen and oxygen atoms in total. The lowest BCUT2D eigenvalue weighted by Crippen LogP contribution is -2.38. The molecule has 2 aromatic rings. The fraction of sp³-hybridized carbons (Fsp3) is 0.375. The van der Waals surface area contributed by atoms with Crippen LogP contribution in [0.3, 0.4) is 0 Å². The minimum atomic E-state index is 0.452. The number of hydrogen-bond acceptors (Lipinski definition) is 4. The molecule has 0 radical (unpaired) electrons. The second kappa shape index (κ2) is 8.38. The summed E-state index contributed by atoms with van der Waals surface area (Å²) >= 11 is 1.78. The summed E-state index contributed by atoms with van der Waals surface area (Å²) in [4.78, 5) is 9.98. The molecule has 2 heterocycles. The van der Waals surface area contributed by atoms with E-state index in [9.17, 15) is 0 Å². The van der Waals surface area contributed by atoms with E-state index >= 15 is 0 Å². The molecular formula is C16H22N4OS. The van der Waals surface area contributed by atoms with Crippen molar-refractivity contribution in [3.8, 4) is 5.88 Å². The highest BCUT2D eigenvalue weighted by molar-refractivity contribution is 7.10. The minimum Gasteiger partial charge on any atom is -0.481 e. The molecule has 0 bridgehead atoms. The average molecular weight is 318 g/mol. The van der Waals surface area contributed by atoms with Crippen LogP contribution in [0.25, 0.3) is 0 Å². The number of methoxy groups -OCH3 is 1. The number of rotatable bonds is 6. The van der Waals surface area contributed by atoms with Crippen molar-refractivity contribution in [2.75, 3.05) is 20.7 Å². The van der Waals surface area contributed by atoms with Crippen LogP contribution in [-0.2, 0) is 6.54 Å². The number of hydrogen-bond donors (Lipinski definition) is 2. The first-order valence-electron chi connectivity index (χ1n) is 7.20. The Morgan fingerprint density at radius 2 is 2.18 bits per heavy atom. The van der Waals surface area contributed by atoms with Crippen LogP contribution >= 0.6 is 11.3 Å². The van der Waals surface area contributed by atoms with Crippen LogP contribution in [0, 0.1) is 0 Å². The summed E-state index contributed by atoms with van der Waals surface area (Å²) in [7, 11) is 3.39. The Morgan fingerprint density at radius 1 is 1.32 bits per heavy atom. The van der Waals surface area contributed by atoms with E-state index in [-0.39, 0.29) is 0 Å². The zero-order valence-electron chi connectivity index (χ0n) is 13.2. The van der Waals surface area contributed by atoms with E-state index in [0.717, 1.165) is 18.2 Å². The lowest BCUT2D eigenvalue weighted by Gasteiger charge is -2.15. The lowest BCUT2D eigenvalue weighted by atomic mass is 10.1. The maximum Gasteiger partial charge on any atom is 0.213 e. The van der Waals surface area contributed by atoms with Crippen LogP contribution in [0.5, 0.6) is 5.88 Å². The topological polar surface area (TPSA) is 58.5 Å². The third-order valence-electron chi connectivity index (χ3n) is 3.26. The first kappa shape index (κ1) is 16.3. The molecule has 0 aliphatic rings. The third-order valence-corrected chi connectivity index (χ3v) is 4.36. The van der Waals surface area contributed by atoms with Gasteiger partial charge in [-0.3, -0.25) is 4.99 Å². The number of pyridine rings is 1. The highest BCUT2D eigenvalue weighted by Gasteiger charge is 2.07. The molecule has 0 amide bonds. The molecule has 22 heavy (non-hydrogen) atoms. The molecule has 0 fully saturated rings. The van der Waals surface area contributed by atoms with E-state index in [2.05, 4.69) is 45.0 Å². The van der Waals surface area contributed by atoms with Gasteiger partial charge in [0.1, 0.15) is 0 Å². The van der Waals surface area contributed by atoms with Crippen LogP contribution in [-0.4, -0.2) is 31.6 Å². The van der Waals surface area contributed by atoms with Crippen molar-refractivity contribution < 1.29 is 4.74 Å². The molecule has 0 aliphatic carbocycles. The molecule has 118 valence electrons. The van der Waals surface area contributed by atoms with Gasteiger partial charge in [-0.1, -0.05) is 19.1 Å². The van der Waals surface area contributed by atoms with E-state index in [4.69, 9.17) is 4.74 Å². The highest BCUT2D eigenvalue weighted by Crippen LogP contribution is 2.19. The lowest BCUT2D eigenvalue weighted by molar-refractivity contribution is 0.396. The summed E-state index contributed by atoms with van der Waals surface area (Å²) in [6, 6.07) is 9.96. The monoisotopic (exact) mass is 318 g/mol. The molecule has 0 aliphatic heterocycles. The summed E-state index contributed by atoms with van der Waals surface area (Å²) in [6.45, 7) is 3.64. The van der Waals surface area contributed by atoms with Gasteiger partial charge in [-0.2, -0.15) is 0 Å². The van der Waals surface area contributed by atoms with Crippen molar-refractivity contribution in [2.24, 2.45) is 4.99 Å². The number of thiophene rings is 1. The average Bonchev–Trinajstić information content (AvgIpc) is 3.09. The predicted octanol–water partition coefficient (Wildman–Crippen LogP) is 2.62. The molecule has 2 aromatic heterocycles. The SMILES string of the molecule is CN=C(NCc1cccc(OC)n1)NCC(C)c1cccs1. The van der Waals surface area contributed by atoms with Crippen molar-refractivity contribution in [2.45, 2.75) is 19.4 Å². The largest absolute Gasteiger partial charge is 0.481 e. The van der Waals surface area contributed by atoms with E-state index in [1.807, 2.05) is 18.2 Å². The Hall–Kier alpha value is -2.08. The second-order valence-electron chi connectivity index (χ2n) is 4.89. The first-order chi connectivity index (χ1) is 10.7. The van der Waals surface area contributed by atoms with E-state index in [1.165, 1.54) is 4.88 Å². The predicted molar refractivity (Wildman–Crippen MR) is 91.7 cm³/mol. The van der Waals surface area contributed by atoms with Gasteiger partial charge in [-0.05, 0) is 17.5 Å². The van der Waals surface area contributed by atoms with E-state index in [0.29, 0.717) is 18.3 Å². The normalized spacial score (nSPS) is 12.8. The van der Waals surface area contributed by atoms with Gasteiger partial charge in [0.2, 0.25) is 5.88 Å². The Morgan fingerprint density at radius 3 is 2.86 bits per heavy atom. The number of nitrogens with zero attached hydrogens (tertiary/aromatic N) is 2. The van der Waals surface area contributed by atoms with Crippen molar-refractivity contribution >= 4 is 17.3 Å². The maximum absolute atomic E-state index is 5.12. The zero-order valence-corrected chi connectivity index (χ0v) is 14.0. The molecule has 1 atom stereocenters. The van der Waals surface area contributed by atoms with Gasteiger partial charge in [0, 0.05) is 30.5 Å². The summed E-state index contributed by atoms with van der Waals surface area (Å²) < 4.78 is 5.12. The van der Waals surface area contributed by atoms with Crippen LogP contribution in [0.4, 0.5) is 0 Å². The maximum atomic E-state index is 5.12. The fourth-order valence-corrected chi connectivity index (χ4v) is 2.77. The number of aliphatic imine (C=N–C) groups is 1. The number of nitrogens with one attached hydrogen (secondary N) is 2. The first-order valence-corrected chi connectivity index (χ1v) is 8.08. The zero-order chi connectivity index (χ0) is 15.8. The summed E-state index contributed by atoms with van der Waals surface area (Å²) in [6.07, 6.45) is 0. The number of aromatic nitrogens is 1. The van der Waals surface area contributed by atoms with Gasteiger partial charge in [-0.15, -0.1) is 11.3 Å². The third kappa shape index (κ3) is 4.73. The van der Waals surface area contributed by atoms with Crippen molar-refractivity contribution in [1.29, 1.82) is 0 Å². The van der Waals surface area contributed by atoms with Crippen molar-refractivity contribution in [1.82, 2.24) is 15.6 Å². The fourth-order valence-electron chi connectivity index (χ4n) is 1.99. The minimum absolute atomic E-state index is 0.452. The summed E-state index contributed by atoms with van der Waals surface area (Å²) in [5.74, 6) is 1.84.